The summed E-state index contributed by atoms with van der Waals surface area (Å²) in [6, 6.07) is 12.2. The largest absolute Gasteiger partial charge is 0.369 e. The second-order valence-corrected chi connectivity index (χ2v) is 7.92. The van der Waals surface area contributed by atoms with E-state index < -0.39 is 0 Å². The number of benzene rings is 2. The highest BCUT2D eigenvalue weighted by atomic mass is 35.5. The number of piperazine rings is 1. The Morgan fingerprint density at radius 3 is 2.48 bits per heavy atom. The van der Waals surface area contributed by atoms with E-state index in [0.717, 1.165) is 53.0 Å². The van der Waals surface area contributed by atoms with E-state index in [1.807, 2.05) is 30.5 Å². The van der Waals surface area contributed by atoms with Gasteiger partial charge in [-0.25, -0.2) is 0 Å². The van der Waals surface area contributed by atoms with Gasteiger partial charge in [-0.15, -0.1) is 0 Å². The first-order valence-electron chi connectivity index (χ1n) is 8.56. The van der Waals surface area contributed by atoms with E-state index in [9.17, 15) is 0 Å². The summed E-state index contributed by atoms with van der Waals surface area (Å²) < 4.78 is 0. The minimum atomic E-state index is -0.361. The molecule has 0 N–H and O–H groups in total. The highest BCUT2D eigenvalue weighted by Gasteiger charge is 2.36. The van der Waals surface area contributed by atoms with Crippen molar-refractivity contribution in [2.45, 2.75) is 12.3 Å². The molecule has 4 rings (SSSR count). The second-order valence-electron chi connectivity index (χ2n) is 7.08. The average Bonchev–Trinajstić information content (AvgIpc) is 2.94. The zero-order valence-electron chi connectivity index (χ0n) is 14.5. The molecule has 0 saturated carbocycles. The zero-order valence-corrected chi connectivity index (χ0v) is 16.0. The molecule has 0 radical (unpaired) electrons. The van der Waals surface area contributed by atoms with E-state index in [4.69, 9.17) is 23.2 Å². The number of hydrogen-bond donors (Lipinski definition) is 0. The smallest absolute Gasteiger partial charge is 0.0672 e. The monoisotopic (exact) mass is 373 g/mol. The van der Waals surface area contributed by atoms with Gasteiger partial charge in [0.1, 0.15) is 0 Å². The predicted molar refractivity (Wildman–Crippen MR) is 107 cm³/mol. The highest BCUT2D eigenvalue weighted by molar-refractivity contribution is 6.32. The molecule has 5 heteroatoms. The molecule has 1 saturated heterocycles. The van der Waals surface area contributed by atoms with Crippen LogP contribution in [0.2, 0.25) is 10.0 Å². The first-order chi connectivity index (χ1) is 12.0. The minimum absolute atomic E-state index is 0.361. The molecule has 2 aromatic carbocycles. The van der Waals surface area contributed by atoms with Crippen molar-refractivity contribution in [1.29, 1.82) is 0 Å². The Hall–Kier alpha value is -1.55. The van der Waals surface area contributed by atoms with Crippen LogP contribution in [-0.2, 0) is 5.41 Å². The number of nitrogens with zero attached hydrogens (tertiary/aromatic N) is 3. The number of rotatable bonds is 2. The van der Waals surface area contributed by atoms with Crippen LogP contribution in [0.4, 0.5) is 11.4 Å². The van der Waals surface area contributed by atoms with Crippen molar-refractivity contribution < 1.29 is 0 Å². The molecule has 1 atom stereocenters. The van der Waals surface area contributed by atoms with Crippen LogP contribution in [0.25, 0.3) is 0 Å². The molecule has 2 aliphatic rings. The number of fused-ring (bicyclic) bond motifs is 1. The van der Waals surface area contributed by atoms with Crippen LogP contribution in [0, 0.1) is 0 Å². The van der Waals surface area contributed by atoms with Gasteiger partial charge < -0.3 is 9.80 Å². The van der Waals surface area contributed by atoms with E-state index in [2.05, 4.69) is 40.9 Å². The SMILES string of the molecule is CN1CCN(c2ccc(Cl)c(C3(C)C=Nc4ccc(Cl)cc43)c2)CC1. The summed E-state index contributed by atoms with van der Waals surface area (Å²) in [6.45, 7) is 6.38. The fourth-order valence-electron chi connectivity index (χ4n) is 3.69. The summed E-state index contributed by atoms with van der Waals surface area (Å²) in [6.07, 6.45) is 1.99. The fraction of sp³-hybridized carbons (Fsp3) is 0.350. The van der Waals surface area contributed by atoms with E-state index in [0.29, 0.717) is 0 Å². The van der Waals surface area contributed by atoms with Crippen LogP contribution in [0.3, 0.4) is 0 Å². The summed E-state index contributed by atoms with van der Waals surface area (Å²) >= 11 is 12.9. The van der Waals surface area contributed by atoms with E-state index in [1.54, 1.807) is 0 Å². The lowest BCUT2D eigenvalue weighted by Gasteiger charge is -2.35. The summed E-state index contributed by atoms with van der Waals surface area (Å²) in [7, 11) is 2.17. The van der Waals surface area contributed by atoms with Gasteiger partial charge in [-0.1, -0.05) is 23.2 Å². The second kappa shape index (κ2) is 6.31. The van der Waals surface area contributed by atoms with Crippen molar-refractivity contribution in [3.05, 3.63) is 57.6 Å². The third-order valence-corrected chi connectivity index (χ3v) is 5.92. The van der Waals surface area contributed by atoms with Gasteiger partial charge in [0.05, 0.1) is 11.1 Å². The maximum Gasteiger partial charge on any atom is 0.0672 e. The normalized spacial score (nSPS) is 23.1. The van der Waals surface area contributed by atoms with Gasteiger partial charge in [0.15, 0.2) is 0 Å². The van der Waals surface area contributed by atoms with Crippen LogP contribution in [0.1, 0.15) is 18.1 Å². The van der Waals surface area contributed by atoms with Crippen molar-refractivity contribution in [3.63, 3.8) is 0 Å². The Morgan fingerprint density at radius 1 is 0.960 bits per heavy atom. The lowest BCUT2D eigenvalue weighted by molar-refractivity contribution is 0.313. The van der Waals surface area contributed by atoms with Crippen molar-refractivity contribution in [1.82, 2.24) is 4.90 Å². The Bertz CT molecular complexity index is 841. The predicted octanol–water partition coefficient (Wildman–Crippen LogP) is 4.77. The van der Waals surface area contributed by atoms with Crippen LogP contribution < -0.4 is 4.90 Å². The highest BCUT2D eigenvalue weighted by Crippen LogP contribution is 2.45. The summed E-state index contributed by atoms with van der Waals surface area (Å²) in [4.78, 5) is 9.38. The molecule has 0 aliphatic carbocycles. The molecule has 25 heavy (non-hydrogen) atoms. The molecule has 1 fully saturated rings. The van der Waals surface area contributed by atoms with Gasteiger partial charge in [-0.05, 0) is 61.5 Å². The molecule has 2 aromatic rings. The standard InChI is InChI=1S/C20H21Cl2N3/c1-20(13-23-19-6-3-14(21)11-17(19)20)16-12-15(4-5-18(16)22)25-9-7-24(2)8-10-25/h3-6,11-13H,7-10H2,1-2H3. The van der Waals surface area contributed by atoms with Gasteiger partial charge in [0, 0.05) is 48.1 Å². The summed E-state index contributed by atoms with van der Waals surface area (Å²) in [5.41, 5.74) is 4.01. The van der Waals surface area contributed by atoms with Crippen molar-refractivity contribution in [2.75, 3.05) is 38.1 Å². The molecule has 0 spiro atoms. The Morgan fingerprint density at radius 2 is 1.72 bits per heavy atom. The fourth-order valence-corrected chi connectivity index (χ4v) is 4.18. The van der Waals surface area contributed by atoms with Crippen LogP contribution in [-0.4, -0.2) is 44.3 Å². The van der Waals surface area contributed by atoms with Gasteiger partial charge in [-0.2, -0.15) is 0 Å². The van der Waals surface area contributed by atoms with E-state index >= 15 is 0 Å². The zero-order chi connectivity index (χ0) is 17.6. The van der Waals surface area contributed by atoms with E-state index in [-0.39, 0.29) is 5.41 Å². The third-order valence-electron chi connectivity index (χ3n) is 5.36. The van der Waals surface area contributed by atoms with Crippen LogP contribution in [0.5, 0.6) is 0 Å². The first-order valence-corrected chi connectivity index (χ1v) is 9.32. The van der Waals surface area contributed by atoms with E-state index in [1.165, 1.54) is 5.69 Å². The molecular formula is C20H21Cl2N3. The molecule has 0 aromatic heterocycles. The molecule has 0 amide bonds. The molecule has 2 heterocycles. The lowest BCUT2D eigenvalue weighted by atomic mass is 9.78. The first kappa shape index (κ1) is 16.9. The number of aliphatic imine (C=N–C) groups is 1. The third kappa shape index (κ3) is 2.95. The quantitative estimate of drug-likeness (QED) is 0.754. The number of likely N-dealkylation sites (N-methyl/N-ethyl adjacent to an activating group) is 1. The average molecular weight is 374 g/mol. The minimum Gasteiger partial charge on any atom is -0.369 e. The maximum absolute atomic E-state index is 6.61. The molecule has 2 aliphatic heterocycles. The van der Waals surface area contributed by atoms with Crippen molar-refractivity contribution in [2.24, 2.45) is 4.99 Å². The van der Waals surface area contributed by atoms with Gasteiger partial charge in [0.2, 0.25) is 0 Å². The van der Waals surface area contributed by atoms with Gasteiger partial charge in [0.25, 0.3) is 0 Å². The Labute approximate surface area is 158 Å². The summed E-state index contributed by atoms with van der Waals surface area (Å²) in [5, 5.41) is 1.49. The van der Waals surface area contributed by atoms with Crippen LogP contribution in [0.15, 0.2) is 41.4 Å². The number of halogens is 2. The van der Waals surface area contributed by atoms with Gasteiger partial charge >= 0.3 is 0 Å². The summed E-state index contributed by atoms with van der Waals surface area (Å²) in [5.74, 6) is 0. The number of anilines is 1. The Kier molecular flexibility index (Phi) is 4.27. The lowest BCUT2D eigenvalue weighted by Crippen LogP contribution is -2.44. The maximum atomic E-state index is 6.61. The molecule has 130 valence electrons. The topological polar surface area (TPSA) is 18.8 Å². The van der Waals surface area contributed by atoms with Crippen molar-refractivity contribution in [3.8, 4) is 0 Å². The number of hydrogen-bond acceptors (Lipinski definition) is 3. The molecule has 0 bridgehead atoms. The molecular weight excluding hydrogens is 353 g/mol. The molecule has 3 nitrogen and oxygen atoms in total. The van der Waals surface area contributed by atoms with Gasteiger partial charge in [-0.3, -0.25) is 4.99 Å². The molecule has 1 unspecified atom stereocenters. The van der Waals surface area contributed by atoms with Crippen molar-refractivity contribution >= 4 is 40.8 Å². The Balaban J connectivity index is 1.75. The van der Waals surface area contributed by atoms with Crippen LogP contribution >= 0.6 is 23.2 Å².